The third-order valence-electron chi connectivity index (χ3n) is 1.46. The van der Waals surface area contributed by atoms with E-state index in [2.05, 4.69) is 13.8 Å². The van der Waals surface area contributed by atoms with E-state index in [9.17, 15) is 0 Å². The molecule has 0 aliphatic heterocycles. The van der Waals surface area contributed by atoms with Crippen molar-refractivity contribution < 1.29 is 0 Å². The van der Waals surface area contributed by atoms with Crippen LogP contribution in [0.4, 0.5) is 0 Å². The van der Waals surface area contributed by atoms with E-state index in [1.807, 2.05) is 31.4 Å². The van der Waals surface area contributed by atoms with Gasteiger partial charge in [-0.3, -0.25) is 0 Å². The molecule has 74 valence electrons. The SMILES string of the molecule is CCCCCCSSSCCC. The van der Waals surface area contributed by atoms with Gasteiger partial charge in [-0.05, 0) is 22.7 Å². The van der Waals surface area contributed by atoms with E-state index in [0.29, 0.717) is 0 Å². The van der Waals surface area contributed by atoms with Gasteiger partial charge in [0.05, 0.1) is 0 Å². The molecule has 0 rings (SSSR count). The highest BCUT2D eigenvalue weighted by Crippen LogP contribution is 2.35. The predicted molar refractivity (Wildman–Crippen MR) is 66.9 cm³/mol. The third-order valence-corrected chi connectivity index (χ3v) is 6.00. The number of rotatable bonds is 9. The fraction of sp³-hybridized carbons (Fsp3) is 1.00. The molecule has 0 aromatic carbocycles. The number of hydrogen-bond acceptors (Lipinski definition) is 3. The van der Waals surface area contributed by atoms with Gasteiger partial charge in [-0.15, -0.1) is 0 Å². The molecule has 12 heavy (non-hydrogen) atoms. The van der Waals surface area contributed by atoms with Crippen LogP contribution < -0.4 is 0 Å². The molecule has 0 fully saturated rings. The van der Waals surface area contributed by atoms with Crippen molar-refractivity contribution >= 4 is 31.4 Å². The zero-order valence-corrected chi connectivity index (χ0v) is 10.6. The van der Waals surface area contributed by atoms with Crippen LogP contribution in [-0.2, 0) is 0 Å². The molecule has 0 radical (unpaired) electrons. The molecule has 0 bridgehead atoms. The average molecular weight is 224 g/mol. The largest absolute Gasteiger partial charge is 0.0826 e. The Bertz CT molecular complexity index is 66.2. The van der Waals surface area contributed by atoms with Crippen LogP contribution in [0, 0.1) is 0 Å². The number of hydrogen-bond donors (Lipinski definition) is 0. The summed E-state index contributed by atoms with van der Waals surface area (Å²) >= 11 is 0. The van der Waals surface area contributed by atoms with Crippen molar-refractivity contribution in [2.75, 3.05) is 11.5 Å². The zero-order chi connectivity index (χ0) is 9.07. The molecule has 0 nitrogen and oxygen atoms in total. The molecule has 0 aromatic heterocycles. The summed E-state index contributed by atoms with van der Waals surface area (Å²) in [6.07, 6.45) is 6.88. The standard InChI is InChI=1S/C9H20S3/c1-3-5-6-7-9-11-12-10-8-4-2/h3-9H2,1-2H3. The van der Waals surface area contributed by atoms with E-state index in [-0.39, 0.29) is 0 Å². The first-order chi connectivity index (χ1) is 5.91. The van der Waals surface area contributed by atoms with Gasteiger partial charge in [0.1, 0.15) is 0 Å². The summed E-state index contributed by atoms with van der Waals surface area (Å²) in [6.45, 7) is 4.50. The van der Waals surface area contributed by atoms with Crippen LogP contribution in [0.1, 0.15) is 46.0 Å². The Hall–Kier alpha value is 1.05. The van der Waals surface area contributed by atoms with Crippen LogP contribution in [0.2, 0.25) is 0 Å². The van der Waals surface area contributed by atoms with Crippen molar-refractivity contribution in [2.45, 2.75) is 46.0 Å². The molecule has 0 aromatic rings. The minimum atomic E-state index is 1.30. The van der Waals surface area contributed by atoms with Crippen molar-refractivity contribution in [1.29, 1.82) is 0 Å². The third kappa shape index (κ3) is 11.1. The summed E-state index contributed by atoms with van der Waals surface area (Å²) < 4.78 is 0. The van der Waals surface area contributed by atoms with Crippen LogP contribution in [0.15, 0.2) is 0 Å². The first-order valence-electron chi connectivity index (χ1n) is 4.82. The van der Waals surface area contributed by atoms with Gasteiger partial charge in [0.2, 0.25) is 0 Å². The van der Waals surface area contributed by atoms with Gasteiger partial charge in [-0.1, -0.05) is 54.7 Å². The smallest absolute Gasteiger partial charge is 0.00451 e. The second-order valence-corrected chi connectivity index (χ2v) is 7.24. The second-order valence-electron chi connectivity index (χ2n) is 2.77. The van der Waals surface area contributed by atoms with Crippen LogP contribution in [0.5, 0.6) is 0 Å². The Morgan fingerprint density at radius 1 is 0.750 bits per heavy atom. The highest BCUT2D eigenvalue weighted by molar-refractivity contribution is 9.09. The second kappa shape index (κ2) is 12.0. The lowest BCUT2D eigenvalue weighted by Crippen LogP contribution is -1.77. The van der Waals surface area contributed by atoms with E-state index < -0.39 is 0 Å². The van der Waals surface area contributed by atoms with E-state index in [1.54, 1.807) is 0 Å². The van der Waals surface area contributed by atoms with Crippen molar-refractivity contribution in [1.82, 2.24) is 0 Å². The molecule has 0 N–H and O–H groups in total. The van der Waals surface area contributed by atoms with E-state index in [4.69, 9.17) is 0 Å². The van der Waals surface area contributed by atoms with Gasteiger partial charge in [0, 0.05) is 11.5 Å². The molecule has 0 unspecified atom stereocenters. The lowest BCUT2D eigenvalue weighted by molar-refractivity contribution is 0.707. The van der Waals surface area contributed by atoms with E-state index >= 15 is 0 Å². The topological polar surface area (TPSA) is 0 Å². The molecule has 3 heteroatoms. The van der Waals surface area contributed by atoms with Crippen LogP contribution in [0.3, 0.4) is 0 Å². The monoisotopic (exact) mass is 224 g/mol. The Balaban J connectivity index is 2.73. The summed E-state index contributed by atoms with van der Waals surface area (Å²) in [4.78, 5) is 0. The van der Waals surface area contributed by atoms with Crippen molar-refractivity contribution in [3.05, 3.63) is 0 Å². The Labute approximate surface area is 88.8 Å². The summed E-state index contributed by atoms with van der Waals surface area (Å²) in [5.41, 5.74) is 0. The summed E-state index contributed by atoms with van der Waals surface area (Å²) in [7, 11) is 5.99. The highest BCUT2D eigenvalue weighted by atomic mass is 33.5. The fourth-order valence-corrected chi connectivity index (χ4v) is 4.77. The Morgan fingerprint density at radius 2 is 1.50 bits per heavy atom. The average Bonchev–Trinajstić information content (AvgIpc) is 2.10. The summed E-state index contributed by atoms with van der Waals surface area (Å²) in [6, 6.07) is 0. The van der Waals surface area contributed by atoms with Gasteiger partial charge in [-0.2, -0.15) is 0 Å². The van der Waals surface area contributed by atoms with Crippen LogP contribution in [-0.4, -0.2) is 11.5 Å². The first-order valence-corrected chi connectivity index (χ1v) is 8.65. The lowest BCUT2D eigenvalue weighted by atomic mass is 10.2. The molecule has 0 aliphatic carbocycles. The minimum absolute atomic E-state index is 1.30. The van der Waals surface area contributed by atoms with Gasteiger partial charge in [-0.25, -0.2) is 0 Å². The highest BCUT2D eigenvalue weighted by Gasteiger charge is 1.91. The fourth-order valence-electron chi connectivity index (χ4n) is 0.773. The molecule has 0 heterocycles. The lowest BCUT2D eigenvalue weighted by Gasteiger charge is -1.98. The van der Waals surface area contributed by atoms with Crippen molar-refractivity contribution in [2.24, 2.45) is 0 Å². The van der Waals surface area contributed by atoms with Gasteiger partial charge >= 0.3 is 0 Å². The molecule has 0 saturated heterocycles. The molecule has 0 atom stereocenters. The van der Waals surface area contributed by atoms with Gasteiger partial charge in [0.15, 0.2) is 0 Å². The van der Waals surface area contributed by atoms with E-state index in [0.717, 1.165) is 0 Å². The van der Waals surface area contributed by atoms with Crippen LogP contribution in [0.25, 0.3) is 0 Å². The number of unbranched alkanes of at least 4 members (excludes halogenated alkanes) is 3. The van der Waals surface area contributed by atoms with Gasteiger partial charge < -0.3 is 0 Å². The van der Waals surface area contributed by atoms with Gasteiger partial charge in [0.25, 0.3) is 0 Å². The molecular formula is C9H20S3. The zero-order valence-electron chi connectivity index (χ0n) is 8.17. The molecule has 0 saturated carbocycles. The predicted octanol–water partition coefficient (Wildman–Crippen LogP) is 5.01. The normalized spacial score (nSPS) is 10.5. The molecular weight excluding hydrogens is 204 g/mol. The molecule has 0 spiro atoms. The maximum Gasteiger partial charge on any atom is 0.00451 e. The first kappa shape index (κ1) is 13.1. The van der Waals surface area contributed by atoms with E-state index in [1.165, 1.54) is 43.6 Å². The van der Waals surface area contributed by atoms with Crippen molar-refractivity contribution in [3.63, 3.8) is 0 Å². The minimum Gasteiger partial charge on any atom is -0.0826 e. The molecule has 0 amide bonds. The van der Waals surface area contributed by atoms with Crippen LogP contribution >= 0.6 is 31.4 Å². The Kier molecular flexibility index (Phi) is 13.1. The molecule has 0 aliphatic rings. The summed E-state index contributed by atoms with van der Waals surface area (Å²) in [5, 5.41) is 0. The Morgan fingerprint density at radius 3 is 2.17 bits per heavy atom. The van der Waals surface area contributed by atoms with Crippen molar-refractivity contribution in [3.8, 4) is 0 Å². The summed E-state index contributed by atoms with van der Waals surface area (Å²) in [5.74, 6) is 2.63. The maximum absolute atomic E-state index is 2.26. The maximum atomic E-state index is 2.26. The quantitative estimate of drug-likeness (QED) is 0.399.